The Labute approximate surface area is 119 Å². The molecule has 2 heteroatoms. The Balaban J connectivity index is 1.79. The van der Waals surface area contributed by atoms with Crippen LogP contribution in [-0.4, -0.2) is 12.5 Å². The van der Waals surface area contributed by atoms with Gasteiger partial charge in [0.15, 0.2) is 0 Å². The normalized spacial score (nSPS) is 12.2. The first-order chi connectivity index (χ1) is 9.74. The topological polar surface area (TPSA) is 29.1 Å². The molecule has 3 rings (SSSR count). The summed E-state index contributed by atoms with van der Waals surface area (Å²) in [6.45, 7) is 2.10. The third-order valence-electron chi connectivity index (χ3n) is 3.60. The first-order valence-electron chi connectivity index (χ1n) is 6.86. The highest BCUT2D eigenvalue weighted by atomic mass is 16.1. The summed E-state index contributed by atoms with van der Waals surface area (Å²) in [6.07, 6.45) is 5.04. The minimum absolute atomic E-state index is 0.000877. The van der Waals surface area contributed by atoms with Crippen molar-refractivity contribution in [2.45, 2.75) is 13.3 Å². The zero-order valence-corrected chi connectivity index (χ0v) is 11.5. The molecular weight excluding hydrogens is 246 g/mol. The van der Waals surface area contributed by atoms with E-state index in [0.717, 1.165) is 6.42 Å². The Bertz CT molecular complexity index is 686. The van der Waals surface area contributed by atoms with Gasteiger partial charge in [-0.05, 0) is 34.2 Å². The summed E-state index contributed by atoms with van der Waals surface area (Å²) in [4.78, 5) is 10.8. The van der Waals surface area contributed by atoms with E-state index in [1.54, 1.807) is 0 Å². The van der Waals surface area contributed by atoms with Crippen LogP contribution in [0.4, 0.5) is 0 Å². The molecule has 0 radical (unpaired) electrons. The molecule has 0 heterocycles. The summed E-state index contributed by atoms with van der Waals surface area (Å²) < 4.78 is 0. The molecule has 0 bridgehead atoms. The Hall–Kier alpha value is -2.35. The zero-order valence-electron chi connectivity index (χ0n) is 11.5. The summed E-state index contributed by atoms with van der Waals surface area (Å²) in [7, 11) is 0. The number of rotatable bonds is 3. The van der Waals surface area contributed by atoms with Crippen molar-refractivity contribution in [1.29, 1.82) is 0 Å². The maximum atomic E-state index is 10.8. The van der Waals surface area contributed by atoms with Gasteiger partial charge < -0.3 is 5.32 Å². The van der Waals surface area contributed by atoms with Crippen LogP contribution in [-0.2, 0) is 11.2 Å². The molecule has 1 aliphatic carbocycles. The smallest absolute Gasteiger partial charge is 0.217 e. The fraction of sp³-hybridized carbons (Fsp3) is 0.167. The first kappa shape index (κ1) is 12.7. The lowest BCUT2D eigenvalue weighted by atomic mass is 10.0. The average molecular weight is 263 g/mol. The lowest BCUT2D eigenvalue weighted by Crippen LogP contribution is -2.19. The predicted octanol–water partition coefficient (Wildman–Crippen LogP) is 3.41. The molecule has 1 aliphatic rings. The SMILES string of the molecule is CC(=O)NCC=Cc1ccc2c(c1)Cc1ccccc1-2. The molecule has 2 aromatic carbocycles. The van der Waals surface area contributed by atoms with E-state index in [1.807, 2.05) is 6.08 Å². The van der Waals surface area contributed by atoms with Crippen molar-refractivity contribution in [2.75, 3.05) is 6.54 Å². The Kier molecular flexibility index (Phi) is 3.38. The van der Waals surface area contributed by atoms with Gasteiger partial charge in [-0.25, -0.2) is 0 Å². The van der Waals surface area contributed by atoms with E-state index in [2.05, 4.69) is 53.9 Å². The van der Waals surface area contributed by atoms with Gasteiger partial charge in [0, 0.05) is 13.5 Å². The van der Waals surface area contributed by atoms with Crippen LogP contribution in [0.5, 0.6) is 0 Å². The highest BCUT2D eigenvalue weighted by Gasteiger charge is 2.17. The standard InChI is InChI=1S/C18H17NO/c1-13(20)19-10-4-5-14-8-9-18-16(11-14)12-15-6-2-3-7-17(15)18/h2-9,11H,10,12H2,1H3,(H,19,20). The second-order valence-electron chi connectivity index (χ2n) is 5.09. The van der Waals surface area contributed by atoms with Gasteiger partial charge in [0.05, 0.1) is 0 Å². The van der Waals surface area contributed by atoms with Gasteiger partial charge in [0.1, 0.15) is 0 Å². The van der Waals surface area contributed by atoms with Crippen LogP contribution in [0.25, 0.3) is 17.2 Å². The predicted molar refractivity (Wildman–Crippen MR) is 82.4 cm³/mol. The summed E-state index contributed by atoms with van der Waals surface area (Å²) in [5.41, 5.74) is 6.67. The van der Waals surface area contributed by atoms with Crippen molar-refractivity contribution in [1.82, 2.24) is 5.32 Å². The largest absolute Gasteiger partial charge is 0.353 e. The van der Waals surface area contributed by atoms with Gasteiger partial charge in [-0.2, -0.15) is 0 Å². The maximum absolute atomic E-state index is 10.8. The van der Waals surface area contributed by atoms with Crippen LogP contribution in [0.2, 0.25) is 0 Å². The molecule has 0 unspecified atom stereocenters. The molecule has 0 spiro atoms. The lowest BCUT2D eigenvalue weighted by Gasteiger charge is -2.02. The minimum Gasteiger partial charge on any atom is -0.353 e. The lowest BCUT2D eigenvalue weighted by molar-refractivity contribution is -0.118. The van der Waals surface area contributed by atoms with Gasteiger partial charge in [-0.1, -0.05) is 54.6 Å². The van der Waals surface area contributed by atoms with Crippen molar-refractivity contribution in [3.05, 3.63) is 65.2 Å². The summed E-state index contributed by atoms with van der Waals surface area (Å²) in [6, 6.07) is 15.1. The van der Waals surface area contributed by atoms with E-state index in [9.17, 15) is 4.79 Å². The van der Waals surface area contributed by atoms with Crippen molar-refractivity contribution < 1.29 is 4.79 Å². The van der Waals surface area contributed by atoms with E-state index >= 15 is 0 Å². The van der Waals surface area contributed by atoms with Crippen LogP contribution >= 0.6 is 0 Å². The quantitative estimate of drug-likeness (QED) is 0.771. The van der Waals surface area contributed by atoms with Crippen molar-refractivity contribution in [3.8, 4) is 11.1 Å². The number of nitrogens with one attached hydrogen (secondary N) is 1. The fourth-order valence-electron chi connectivity index (χ4n) is 2.67. The van der Waals surface area contributed by atoms with Gasteiger partial charge in [0.25, 0.3) is 0 Å². The number of hydrogen-bond donors (Lipinski definition) is 1. The van der Waals surface area contributed by atoms with E-state index < -0.39 is 0 Å². The zero-order chi connectivity index (χ0) is 13.9. The molecule has 2 nitrogen and oxygen atoms in total. The third kappa shape index (κ3) is 2.50. The molecule has 0 aliphatic heterocycles. The molecule has 1 amide bonds. The number of carbonyl (C=O) groups excluding carboxylic acids is 1. The molecule has 20 heavy (non-hydrogen) atoms. The molecule has 0 aromatic heterocycles. The van der Waals surface area contributed by atoms with Crippen molar-refractivity contribution >= 4 is 12.0 Å². The van der Waals surface area contributed by atoms with Gasteiger partial charge >= 0.3 is 0 Å². The molecule has 2 aromatic rings. The van der Waals surface area contributed by atoms with E-state index in [1.165, 1.54) is 34.7 Å². The van der Waals surface area contributed by atoms with E-state index in [4.69, 9.17) is 0 Å². The number of carbonyl (C=O) groups is 1. The Morgan fingerprint density at radius 3 is 2.80 bits per heavy atom. The molecule has 1 N–H and O–H groups in total. The molecule has 0 saturated carbocycles. The van der Waals surface area contributed by atoms with Gasteiger partial charge in [-0.15, -0.1) is 0 Å². The molecular formula is C18H17NO. The van der Waals surface area contributed by atoms with Crippen molar-refractivity contribution in [3.63, 3.8) is 0 Å². The highest BCUT2D eigenvalue weighted by molar-refractivity contribution is 5.78. The van der Waals surface area contributed by atoms with Crippen molar-refractivity contribution in [2.24, 2.45) is 0 Å². The second-order valence-corrected chi connectivity index (χ2v) is 5.09. The Morgan fingerprint density at radius 1 is 1.15 bits per heavy atom. The number of amides is 1. The maximum Gasteiger partial charge on any atom is 0.217 e. The summed E-state index contributed by atoms with van der Waals surface area (Å²) in [5, 5.41) is 2.76. The Morgan fingerprint density at radius 2 is 1.95 bits per heavy atom. The van der Waals surface area contributed by atoms with E-state index in [0.29, 0.717) is 6.54 Å². The monoisotopic (exact) mass is 263 g/mol. The third-order valence-corrected chi connectivity index (χ3v) is 3.60. The van der Waals surface area contributed by atoms with Crippen LogP contribution in [0.3, 0.4) is 0 Å². The average Bonchev–Trinajstić information content (AvgIpc) is 2.81. The minimum atomic E-state index is -0.000877. The molecule has 0 fully saturated rings. The molecule has 0 saturated heterocycles. The summed E-state index contributed by atoms with van der Waals surface area (Å²) >= 11 is 0. The van der Waals surface area contributed by atoms with Gasteiger partial charge in [-0.3, -0.25) is 4.79 Å². The highest BCUT2D eigenvalue weighted by Crippen LogP contribution is 2.36. The van der Waals surface area contributed by atoms with Crippen LogP contribution in [0.1, 0.15) is 23.6 Å². The second kappa shape index (κ2) is 5.33. The molecule has 0 atom stereocenters. The number of hydrogen-bond acceptors (Lipinski definition) is 1. The number of fused-ring (bicyclic) bond motifs is 3. The fourth-order valence-corrected chi connectivity index (χ4v) is 2.67. The van der Waals surface area contributed by atoms with E-state index in [-0.39, 0.29) is 5.91 Å². The summed E-state index contributed by atoms with van der Waals surface area (Å²) in [5.74, 6) is -0.000877. The van der Waals surface area contributed by atoms with Gasteiger partial charge in [0.2, 0.25) is 5.91 Å². The number of benzene rings is 2. The van der Waals surface area contributed by atoms with Crippen LogP contribution in [0, 0.1) is 0 Å². The molecule has 100 valence electrons. The van der Waals surface area contributed by atoms with Crippen LogP contribution < -0.4 is 5.32 Å². The van der Waals surface area contributed by atoms with Crippen LogP contribution in [0.15, 0.2) is 48.5 Å². The first-order valence-corrected chi connectivity index (χ1v) is 6.86.